The molecule has 1 aliphatic rings. The Morgan fingerprint density at radius 1 is 1.16 bits per heavy atom. The van der Waals surface area contributed by atoms with Crippen molar-refractivity contribution in [3.63, 3.8) is 0 Å². The molecule has 166 valence electrons. The third kappa shape index (κ3) is 8.00. The number of nitrogens with one attached hydrogen (secondary N) is 2. The molecule has 3 rings (SSSR count). The SMILES string of the molecule is C=CCOc1ccc(OCCCNCC2CCNC2)c(/C=C/c2ccc(Cl)cc2Br)c1. The number of hydrogen-bond acceptors (Lipinski definition) is 4. The van der Waals surface area contributed by atoms with Crippen molar-refractivity contribution in [2.24, 2.45) is 5.92 Å². The molecular formula is C25H30BrClN2O2. The van der Waals surface area contributed by atoms with Crippen LogP contribution in [0.5, 0.6) is 11.5 Å². The molecule has 1 atom stereocenters. The van der Waals surface area contributed by atoms with Gasteiger partial charge in [-0.2, -0.15) is 0 Å². The minimum absolute atomic E-state index is 0.467. The first kappa shape index (κ1) is 23.9. The van der Waals surface area contributed by atoms with Gasteiger partial charge in [-0.3, -0.25) is 0 Å². The van der Waals surface area contributed by atoms with Crippen molar-refractivity contribution in [2.45, 2.75) is 12.8 Å². The molecule has 2 aromatic rings. The zero-order chi connectivity index (χ0) is 21.9. The van der Waals surface area contributed by atoms with Gasteiger partial charge in [-0.15, -0.1) is 0 Å². The second-order valence-electron chi connectivity index (χ2n) is 7.56. The first-order valence-electron chi connectivity index (χ1n) is 10.7. The van der Waals surface area contributed by atoms with Gasteiger partial charge in [-0.05, 0) is 80.8 Å². The van der Waals surface area contributed by atoms with Gasteiger partial charge in [0.1, 0.15) is 18.1 Å². The minimum Gasteiger partial charge on any atom is -0.493 e. The molecule has 6 heteroatoms. The molecule has 0 aliphatic carbocycles. The molecule has 1 unspecified atom stereocenters. The lowest BCUT2D eigenvalue weighted by Gasteiger charge is -2.13. The summed E-state index contributed by atoms with van der Waals surface area (Å²) in [6.45, 7) is 9.14. The second-order valence-corrected chi connectivity index (χ2v) is 8.85. The molecule has 1 fully saturated rings. The lowest BCUT2D eigenvalue weighted by Crippen LogP contribution is -2.26. The van der Waals surface area contributed by atoms with Crippen LogP contribution in [0.3, 0.4) is 0 Å². The summed E-state index contributed by atoms with van der Waals surface area (Å²) in [6.07, 6.45) is 8.04. The van der Waals surface area contributed by atoms with Crippen molar-refractivity contribution in [1.82, 2.24) is 10.6 Å². The van der Waals surface area contributed by atoms with Crippen LogP contribution in [0.25, 0.3) is 12.2 Å². The summed E-state index contributed by atoms with van der Waals surface area (Å²) in [5.41, 5.74) is 2.01. The molecule has 1 saturated heterocycles. The van der Waals surface area contributed by atoms with Gasteiger partial charge < -0.3 is 20.1 Å². The summed E-state index contributed by atoms with van der Waals surface area (Å²) in [5, 5.41) is 7.64. The van der Waals surface area contributed by atoms with Gasteiger partial charge in [0.05, 0.1) is 6.61 Å². The fourth-order valence-corrected chi connectivity index (χ4v) is 4.24. The van der Waals surface area contributed by atoms with Crippen LogP contribution in [-0.4, -0.2) is 39.4 Å². The number of rotatable bonds is 12. The highest BCUT2D eigenvalue weighted by Gasteiger charge is 2.13. The number of halogens is 2. The third-order valence-corrected chi connectivity index (χ3v) is 6.03. The molecule has 2 N–H and O–H groups in total. The van der Waals surface area contributed by atoms with E-state index in [1.807, 2.05) is 48.6 Å². The van der Waals surface area contributed by atoms with Crippen molar-refractivity contribution in [1.29, 1.82) is 0 Å². The Kier molecular flexibility index (Phi) is 9.94. The van der Waals surface area contributed by atoms with Crippen molar-refractivity contribution in [3.05, 3.63) is 69.7 Å². The molecule has 0 bridgehead atoms. The fraction of sp³-hybridized carbons (Fsp3) is 0.360. The highest BCUT2D eigenvalue weighted by molar-refractivity contribution is 9.10. The van der Waals surface area contributed by atoms with Crippen LogP contribution in [0, 0.1) is 5.92 Å². The quantitative estimate of drug-likeness (QED) is 0.217. The van der Waals surface area contributed by atoms with Gasteiger partial charge in [-0.1, -0.05) is 58.4 Å². The predicted octanol–water partition coefficient (Wildman–Crippen LogP) is 5.81. The van der Waals surface area contributed by atoms with Gasteiger partial charge >= 0.3 is 0 Å². The maximum Gasteiger partial charge on any atom is 0.126 e. The van der Waals surface area contributed by atoms with Crippen LogP contribution in [-0.2, 0) is 0 Å². The fourth-order valence-electron chi connectivity index (χ4n) is 3.42. The first-order chi connectivity index (χ1) is 15.2. The topological polar surface area (TPSA) is 42.5 Å². The van der Waals surface area contributed by atoms with Crippen molar-refractivity contribution >= 4 is 39.7 Å². The Hall–Kier alpha value is -1.79. The number of benzene rings is 2. The van der Waals surface area contributed by atoms with Crippen molar-refractivity contribution in [2.75, 3.05) is 39.4 Å². The summed E-state index contributed by atoms with van der Waals surface area (Å²) in [4.78, 5) is 0. The number of ether oxygens (including phenoxy) is 2. The Balaban J connectivity index is 1.59. The molecule has 0 radical (unpaired) electrons. The van der Waals surface area contributed by atoms with E-state index in [1.54, 1.807) is 6.08 Å². The first-order valence-corrected chi connectivity index (χ1v) is 11.9. The average molecular weight is 506 g/mol. The van der Waals surface area contributed by atoms with Crippen LogP contribution in [0.15, 0.2) is 53.5 Å². The molecule has 0 spiro atoms. The average Bonchev–Trinajstić information content (AvgIpc) is 3.28. The van der Waals surface area contributed by atoms with E-state index in [0.717, 1.165) is 65.6 Å². The van der Waals surface area contributed by atoms with Crippen LogP contribution in [0.2, 0.25) is 5.02 Å². The summed E-state index contributed by atoms with van der Waals surface area (Å²) >= 11 is 9.62. The van der Waals surface area contributed by atoms with Crippen LogP contribution < -0.4 is 20.1 Å². The highest BCUT2D eigenvalue weighted by Crippen LogP contribution is 2.28. The lowest BCUT2D eigenvalue weighted by molar-refractivity contribution is 0.304. The van der Waals surface area contributed by atoms with Gasteiger partial charge in [0.25, 0.3) is 0 Å². The molecule has 1 aliphatic heterocycles. The van der Waals surface area contributed by atoms with Crippen molar-refractivity contribution in [3.8, 4) is 11.5 Å². The molecular weight excluding hydrogens is 476 g/mol. The van der Waals surface area contributed by atoms with Crippen LogP contribution in [0.4, 0.5) is 0 Å². The zero-order valence-electron chi connectivity index (χ0n) is 17.7. The Morgan fingerprint density at radius 2 is 2.03 bits per heavy atom. The molecule has 0 saturated carbocycles. The molecule has 2 aromatic carbocycles. The van der Waals surface area contributed by atoms with Crippen LogP contribution in [0.1, 0.15) is 24.0 Å². The van der Waals surface area contributed by atoms with Crippen LogP contribution >= 0.6 is 27.5 Å². The summed E-state index contributed by atoms with van der Waals surface area (Å²) in [5.74, 6) is 2.38. The molecule has 0 aromatic heterocycles. The van der Waals surface area contributed by atoms with E-state index in [0.29, 0.717) is 18.2 Å². The Bertz CT molecular complexity index is 882. The van der Waals surface area contributed by atoms with Gasteiger partial charge in [0.15, 0.2) is 0 Å². The molecule has 31 heavy (non-hydrogen) atoms. The van der Waals surface area contributed by atoms with E-state index in [2.05, 4.69) is 33.1 Å². The van der Waals surface area contributed by atoms with E-state index >= 15 is 0 Å². The summed E-state index contributed by atoms with van der Waals surface area (Å²) < 4.78 is 12.7. The molecule has 0 amide bonds. The second kappa shape index (κ2) is 12.9. The standard InChI is InChI=1S/C25H30BrClN2O2/c1-2-13-30-23-8-9-25(31-14-3-11-28-17-19-10-12-29-18-19)21(15-23)5-4-20-6-7-22(27)16-24(20)26/h2,4-9,15-16,19,28-29H,1,3,10-14,17-18H2/b5-4+. The Labute approximate surface area is 198 Å². The van der Waals surface area contributed by atoms with E-state index in [4.69, 9.17) is 21.1 Å². The van der Waals surface area contributed by atoms with E-state index in [1.165, 1.54) is 6.42 Å². The summed E-state index contributed by atoms with van der Waals surface area (Å²) in [7, 11) is 0. The third-order valence-electron chi connectivity index (χ3n) is 5.10. The van der Waals surface area contributed by atoms with Gasteiger partial charge in [0.2, 0.25) is 0 Å². The summed E-state index contributed by atoms with van der Waals surface area (Å²) in [6, 6.07) is 11.6. The molecule has 4 nitrogen and oxygen atoms in total. The monoisotopic (exact) mass is 504 g/mol. The maximum absolute atomic E-state index is 6.09. The minimum atomic E-state index is 0.467. The number of hydrogen-bond donors (Lipinski definition) is 2. The zero-order valence-corrected chi connectivity index (χ0v) is 20.1. The smallest absolute Gasteiger partial charge is 0.126 e. The highest BCUT2D eigenvalue weighted by atomic mass is 79.9. The normalized spacial score (nSPS) is 16.0. The maximum atomic E-state index is 6.09. The predicted molar refractivity (Wildman–Crippen MR) is 134 cm³/mol. The molecule has 1 heterocycles. The van der Waals surface area contributed by atoms with Gasteiger partial charge in [0, 0.05) is 15.1 Å². The van der Waals surface area contributed by atoms with E-state index in [9.17, 15) is 0 Å². The van der Waals surface area contributed by atoms with E-state index in [-0.39, 0.29) is 0 Å². The van der Waals surface area contributed by atoms with E-state index < -0.39 is 0 Å². The lowest BCUT2D eigenvalue weighted by atomic mass is 10.1. The largest absolute Gasteiger partial charge is 0.493 e. The van der Waals surface area contributed by atoms with Gasteiger partial charge in [-0.25, -0.2) is 0 Å². The van der Waals surface area contributed by atoms with Crippen molar-refractivity contribution < 1.29 is 9.47 Å². The Morgan fingerprint density at radius 3 is 2.81 bits per heavy atom.